The average Bonchev–Trinajstić information content (AvgIpc) is 3.17. The normalized spacial score (nSPS) is 10.8. The number of fused-ring (bicyclic) bond motifs is 1. The third kappa shape index (κ3) is 4.48. The lowest BCUT2D eigenvalue weighted by atomic mass is 10.0. The molecule has 31 heavy (non-hydrogen) atoms. The summed E-state index contributed by atoms with van der Waals surface area (Å²) in [5, 5.41) is 4.64. The van der Waals surface area contributed by atoms with Crippen LogP contribution >= 0.6 is 0 Å². The molecule has 0 saturated carbocycles. The van der Waals surface area contributed by atoms with Crippen molar-refractivity contribution in [2.75, 3.05) is 12.4 Å². The number of nitrogens with zero attached hydrogens (tertiary/aromatic N) is 1. The Morgan fingerprint density at radius 1 is 1.00 bits per heavy atom. The summed E-state index contributed by atoms with van der Waals surface area (Å²) in [7, 11) is 1.32. The third-order valence-electron chi connectivity index (χ3n) is 5.01. The van der Waals surface area contributed by atoms with E-state index in [2.05, 4.69) is 10.3 Å². The van der Waals surface area contributed by atoms with E-state index in [4.69, 9.17) is 9.15 Å². The summed E-state index contributed by atoms with van der Waals surface area (Å²) in [5.41, 5.74) is 2.46. The lowest BCUT2D eigenvalue weighted by Crippen LogP contribution is -2.16. The highest BCUT2D eigenvalue weighted by atomic mass is 16.5. The van der Waals surface area contributed by atoms with E-state index in [0.29, 0.717) is 29.3 Å². The molecule has 0 radical (unpaired) electrons. The molecular formula is C25H22N2O4. The molecule has 1 amide bonds. The molecule has 4 aromatic rings. The molecular weight excluding hydrogens is 392 g/mol. The molecule has 0 aliphatic rings. The van der Waals surface area contributed by atoms with Crippen molar-refractivity contribution in [3.63, 3.8) is 0 Å². The molecule has 1 aromatic heterocycles. The topological polar surface area (TPSA) is 81.4 Å². The van der Waals surface area contributed by atoms with E-state index in [1.807, 2.05) is 61.5 Å². The quantitative estimate of drug-likeness (QED) is 0.441. The summed E-state index contributed by atoms with van der Waals surface area (Å²) in [6.45, 7) is 1.88. The van der Waals surface area contributed by atoms with E-state index in [9.17, 15) is 9.59 Å². The van der Waals surface area contributed by atoms with Gasteiger partial charge in [-0.1, -0.05) is 54.6 Å². The van der Waals surface area contributed by atoms with Crippen LogP contribution < -0.4 is 5.32 Å². The molecule has 0 saturated heterocycles. The zero-order chi connectivity index (χ0) is 21.8. The number of rotatable bonds is 6. The first-order valence-corrected chi connectivity index (χ1v) is 9.98. The summed E-state index contributed by atoms with van der Waals surface area (Å²) in [4.78, 5) is 29.3. The Bertz CT molecular complexity index is 1250. The molecule has 6 heteroatoms. The van der Waals surface area contributed by atoms with Crippen LogP contribution in [0.4, 0.5) is 5.69 Å². The maximum Gasteiger partial charge on any atom is 0.339 e. The summed E-state index contributed by atoms with van der Waals surface area (Å²) in [6.07, 6.45) is 0.516. The standard InChI is InChI=1S/C25H22N2O4/c1-16-24(17-8-4-3-5-9-17)31-23(26-16)13-12-22(28)27-21-15-19-11-7-6-10-18(19)14-20(21)25(29)30-2/h3-11,14-15H,12-13H2,1-2H3,(H,27,28). The SMILES string of the molecule is COC(=O)c1cc2ccccc2cc1NC(=O)CCc1nc(C)c(-c2ccccc2)o1. The van der Waals surface area contributed by atoms with Gasteiger partial charge in [-0.15, -0.1) is 0 Å². The first-order valence-electron chi connectivity index (χ1n) is 9.98. The molecule has 0 atom stereocenters. The van der Waals surface area contributed by atoms with Crippen molar-refractivity contribution in [2.24, 2.45) is 0 Å². The number of ether oxygens (including phenoxy) is 1. The molecule has 0 aliphatic carbocycles. The molecule has 0 aliphatic heterocycles. The van der Waals surface area contributed by atoms with E-state index >= 15 is 0 Å². The predicted octanol–water partition coefficient (Wildman–Crippen LogP) is 5.16. The Morgan fingerprint density at radius 2 is 1.68 bits per heavy atom. The van der Waals surface area contributed by atoms with E-state index < -0.39 is 5.97 Å². The first-order chi connectivity index (χ1) is 15.0. The zero-order valence-corrected chi connectivity index (χ0v) is 17.3. The van der Waals surface area contributed by atoms with Crippen LogP contribution in [0.3, 0.4) is 0 Å². The lowest BCUT2D eigenvalue weighted by Gasteiger charge is -2.11. The van der Waals surface area contributed by atoms with Gasteiger partial charge in [0.15, 0.2) is 11.7 Å². The van der Waals surface area contributed by atoms with Crippen LogP contribution in [0.15, 0.2) is 71.1 Å². The molecule has 0 bridgehead atoms. The van der Waals surface area contributed by atoms with Gasteiger partial charge in [0.2, 0.25) is 5.91 Å². The van der Waals surface area contributed by atoms with Crippen LogP contribution in [0, 0.1) is 6.92 Å². The predicted molar refractivity (Wildman–Crippen MR) is 119 cm³/mol. The van der Waals surface area contributed by atoms with Crippen molar-refractivity contribution in [1.29, 1.82) is 0 Å². The summed E-state index contributed by atoms with van der Waals surface area (Å²) in [5.74, 6) is 0.464. The van der Waals surface area contributed by atoms with Crippen LogP contribution in [-0.4, -0.2) is 24.0 Å². The number of hydrogen-bond donors (Lipinski definition) is 1. The third-order valence-corrected chi connectivity index (χ3v) is 5.01. The Morgan fingerprint density at radius 3 is 2.39 bits per heavy atom. The van der Waals surface area contributed by atoms with Crippen LogP contribution in [0.1, 0.15) is 28.4 Å². The van der Waals surface area contributed by atoms with E-state index in [-0.39, 0.29) is 12.3 Å². The van der Waals surface area contributed by atoms with Gasteiger partial charge < -0.3 is 14.5 Å². The smallest absolute Gasteiger partial charge is 0.339 e. The van der Waals surface area contributed by atoms with Crippen molar-refractivity contribution < 1.29 is 18.7 Å². The van der Waals surface area contributed by atoms with Gasteiger partial charge in [0.25, 0.3) is 0 Å². The molecule has 0 fully saturated rings. The van der Waals surface area contributed by atoms with Crippen LogP contribution in [0.2, 0.25) is 0 Å². The number of nitrogens with one attached hydrogen (secondary N) is 1. The van der Waals surface area contributed by atoms with Crippen molar-refractivity contribution in [1.82, 2.24) is 4.98 Å². The number of anilines is 1. The van der Waals surface area contributed by atoms with Gasteiger partial charge in [0.05, 0.1) is 24.1 Å². The van der Waals surface area contributed by atoms with Gasteiger partial charge in [0.1, 0.15) is 0 Å². The van der Waals surface area contributed by atoms with Crippen LogP contribution in [-0.2, 0) is 16.0 Å². The highest BCUT2D eigenvalue weighted by Crippen LogP contribution is 2.26. The van der Waals surface area contributed by atoms with Crippen LogP contribution in [0.25, 0.3) is 22.1 Å². The molecule has 6 nitrogen and oxygen atoms in total. The summed E-state index contributed by atoms with van der Waals surface area (Å²) >= 11 is 0. The number of esters is 1. The van der Waals surface area contributed by atoms with Crippen LogP contribution in [0.5, 0.6) is 0 Å². The minimum absolute atomic E-state index is 0.168. The second-order valence-electron chi connectivity index (χ2n) is 7.17. The molecule has 1 N–H and O–H groups in total. The van der Waals surface area contributed by atoms with Crippen molar-refractivity contribution >= 4 is 28.3 Å². The van der Waals surface area contributed by atoms with Gasteiger partial charge in [-0.25, -0.2) is 9.78 Å². The number of benzene rings is 3. The fourth-order valence-corrected chi connectivity index (χ4v) is 3.47. The lowest BCUT2D eigenvalue weighted by molar-refractivity contribution is -0.116. The average molecular weight is 414 g/mol. The van der Waals surface area contributed by atoms with Gasteiger partial charge in [-0.05, 0) is 29.8 Å². The largest absolute Gasteiger partial charge is 0.465 e. The number of oxazole rings is 1. The number of carbonyl (C=O) groups is 2. The second-order valence-corrected chi connectivity index (χ2v) is 7.17. The molecule has 1 heterocycles. The zero-order valence-electron chi connectivity index (χ0n) is 17.3. The molecule has 4 rings (SSSR count). The first kappa shape index (κ1) is 20.3. The van der Waals surface area contributed by atoms with Crippen molar-refractivity contribution in [3.8, 4) is 11.3 Å². The number of aromatic nitrogens is 1. The Kier molecular flexibility index (Phi) is 5.80. The maximum atomic E-state index is 12.6. The van der Waals surface area contributed by atoms with E-state index in [1.54, 1.807) is 12.1 Å². The van der Waals surface area contributed by atoms with Gasteiger partial charge in [-0.2, -0.15) is 0 Å². The maximum absolute atomic E-state index is 12.6. The fourth-order valence-electron chi connectivity index (χ4n) is 3.47. The summed E-state index contributed by atoms with van der Waals surface area (Å²) < 4.78 is 10.8. The number of carbonyl (C=O) groups excluding carboxylic acids is 2. The number of methoxy groups -OCH3 is 1. The minimum Gasteiger partial charge on any atom is -0.465 e. The number of aryl methyl sites for hydroxylation is 2. The Hall–Kier alpha value is -3.93. The highest BCUT2D eigenvalue weighted by Gasteiger charge is 2.17. The molecule has 0 spiro atoms. The van der Waals surface area contributed by atoms with Crippen molar-refractivity contribution in [2.45, 2.75) is 19.8 Å². The molecule has 0 unspecified atom stereocenters. The molecule has 156 valence electrons. The van der Waals surface area contributed by atoms with Gasteiger partial charge in [0, 0.05) is 18.4 Å². The van der Waals surface area contributed by atoms with Crippen molar-refractivity contribution in [3.05, 3.63) is 83.9 Å². The Balaban J connectivity index is 1.49. The number of amides is 1. The Labute approximate surface area is 179 Å². The summed E-state index contributed by atoms with van der Waals surface area (Å²) in [6, 6.07) is 20.9. The highest BCUT2D eigenvalue weighted by molar-refractivity contribution is 6.05. The van der Waals surface area contributed by atoms with Gasteiger partial charge >= 0.3 is 5.97 Å². The minimum atomic E-state index is -0.503. The number of hydrogen-bond acceptors (Lipinski definition) is 5. The molecule has 3 aromatic carbocycles. The van der Waals surface area contributed by atoms with E-state index in [1.165, 1.54) is 7.11 Å². The van der Waals surface area contributed by atoms with E-state index in [0.717, 1.165) is 22.0 Å². The monoisotopic (exact) mass is 414 g/mol. The van der Waals surface area contributed by atoms with Gasteiger partial charge in [-0.3, -0.25) is 4.79 Å². The fraction of sp³-hybridized carbons (Fsp3) is 0.160. The second kappa shape index (κ2) is 8.83.